The van der Waals surface area contributed by atoms with E-state index in [9.17, 15) is 9.90 Å². The number of carbonyl (C=O) groups excluding carboxylic acids is 1. The highest BCUT2D eigenvalue weighted by atomic mass is 16.3. The van der Waals surface area contributed by atoms with E-state index in [1.54, 1.807) is 36.3 Å². The van der Waals surface area contributed by atoms with Gasteiger partial charge >= 0.3 is 0 Å². The van der Waals surface area contributed by atoms with E-state index in [0.717, 1.165) is 12.2 Å². The number of likely N-dealkylation sites (tertiary alicyclic amines) is 1. The number of aliphatic hydroxyl groups is 1. The van der Waals surface area contributed by atoms with Gasteiger partial charge in [0, 0.05) is 39.0 Å². The second kappa shape index (κ2) is 8.06. The molecular weight excluding hydrogens is 424 g/mol. The van der Waals surface area contributed by atoms with Gasteiger partial charge in [-0.2, -0.15) is 5.10 Å². The predicted molar refractivity (Wildman–Crippen MR) is 118 cm³/mol. The van der Waals surface area contributed by atoms with E-state index in [0.29, 0.717) is 29.7 Å². The topological polar surface area (TPSA) is 140 Å². The van der Waals surface area contributed by atoms with Crippen LogP contribution in [0.2, 0.25) is 0 Å². The van der Waals surface area contributed by atoms with Crippen molar-refractivity contribution in [2.24, 2.45) is 0 Å². The number of carbonyl (C=O) groups is 1. The average molecular weight is 446 g/mol. The van der Waals surface area contributed by atoms with Gasteiger partial charge in [-0.25, -0.2) is 19.6 Å². The van der Waals surface area contributed by atoms with Crippen LogP contribution >= 0.6 is 0 Å². The Kier molecular flexibility index (Phi) is 5.05. The first-order valence-electron chi connectivity index (χ1n) is 10.5. The van der Waals surface area contributed by atoms with Crippen molar-refractivity contribution in [3.05, 3.63) is 54.7 Å². The Morgan fingerprint density at radius 1 is 1.18 bits per heavy atom. The largest absolute Gasteiger partial charge is 0.374 e. The number of hydrogen-bond donors (Lipinski definition) is 2. The fourth-order valence-electron chi connectivity index (χ4n) is 3.64. The van der Waals surface area contributed by atoms with Crippen LogP contribution in [0.5, 0.6) is 0 Å². The quantitative estimate of drug-likeness (QED) is 0.446. The molecule has 1 aliphatic heterocycles. The molecule has 1 unspecified atom stereocenters. The number of likely N-dealkylation sites (N-methyl/N-ethyl adjacent to an activating group) is 1. The number of nitrogens with one attached hydrogen (secondary N) is 1. The molecule has 0 spiro atoms. The molecule has 1 saturated heterocycles. The molecule has 4 aromatic rings. The molecule has 5 heterocycles. The van der Waals surface area contributed by atoms with E-state index in [4.69, 9.17) is 0 Å². The summed E-state index contributed by atoms with van der Waals surface area (Å²) in [6.45, 7) is 3.24. The standard InChI is InChI=1S/C21H22N10O2/c1-3-30-12-14(11-23-30)24-20-22-9-7-16(26-20)15-5-4-6-18(25-15)31-13-17(27-28-31)21(33)8-10-29(2)19(21)32/h4-7,9,11-13,33H,3,8,10H2,1-2H3,(H,22,24,26). The summed E-state index contributed by atoms with van der Waals surface area (Å²) in [4.78, 5) is 27.3. The van der Waals surface area contributed by atoms with E-state index >= 15 is 0 Å². The van der Waals surface area contributed by atoms with Crippen molar-refractivity contribution in [2.45, 2.75) is 25.5 Å². The molecule has 12 nitrogen and oxygen atoms in total. The molecule has 0 aromatic carbocycles. The molecule has 0 saturated carbocycles. The SMILES string of the molecule is CCn1cc(Nc2nccc(-c3cccc(-n4cc(C5(O)CCN(C)C5=O)nn4)n3)n2)cn1. The highest BCUT2D eigenvalue weighted by Gasteiger charge is 2.47. The molecule has 0 radical (unpaired) electrons. The Hall–Kier alpha value is -4.19. The second-order valence-corrected chi connectivity index (χ2v) is 7.74. The maximum absolute atomic E-state index is 12.4. The number of amides is 1. The minimum Gasteiger partial charge on any atom is -0.374 e. The first-order valence-corrected chi connectivity index (χ1v) is 10.5. The van der Waals surface area contributed by atoms with Crippen LogP contribution in [-0.2, 0) is 16.9 Å². The van der Waals surface area contributed by atoms with Gasteiger partial charge in [-0.3, -0.25) is 9.48 Å². The zero-order chi connectivity index (χ0) is 23.0. The fraction of sp³-hybridized carbons (Fsp3) is 0.286. The number of aryl methyl sites for hydroxylation is 1. The van der Waals surface area contributed by atoms with Crippen molar-refractivity contribution >= 4 is 17.5 Å². The van der Waals surface area contributed by atoms with Gasteiger partial charge in [0.25, 0.3) is 5.91 Å². The zero-order valence-electron chi connectivity index (χ0n) is 18.1. The zero-order valence-corrected chi connectivity index (χ0v) is 18.1. The molecule has 2 N–H and O–H groups in total. The van der Waals surface area contributed by atoms with Gasteiger partial charge in [-0.05, 0) is 25.1 Å². The molecule has 12 heteroatoms. The highest BCUT2D eigenvalue weighted by Crippen LogP contribution is 2.31. The van der Waals surface area contributed by atoms with Gasteiger partial charge < -0.3 is 15.3 Å². The van der Waals surface area contributed by atoms with E-state index in [1.165, 1.54) is 15.8 Å². The van der Waals surface area contributed by atoms with Crippen LogP contribution in [0.25, 0.3) is 17.2 Å². The maximum Gasteiger partial charge on any atom is 0.260 e. The summed E-state index contributed by atoms with van der Waals surface area (Å²) < 4.78 is 3.24. The summed E-state index contributed by atoms with van der Waals surface area (Å²) in [5.74, 6) is 0.511. The van der Waals surface area contributed by atoms with Crippen molar-refractivity contribution in [2.75, 3.05) is 18.9 Å². The average Bonchev–Trinajstić information content (AvgIpc) is 3.57. The van der Waals surface area contributed by atoms with Gasteiger partial charge in [0.2, 0.25) is 5.95 Å². The predicted octanol–water partition coefficient (Wildman–Crippen LogP) is 1.13. The van der Waals surface area contributed by atoms with Crippen molar-refractivity contribution < 1.29 is 9.90 Å². The Labute approximate surface area is 188 Å². The Balaban J connectivity index is 1.40. The molecule has 5 rings (SSSR count). The summed E-state index contributed by atoms with van der Waals surface area (Å²) in [5.41, 5.74) is 0.545. The summed E-state index contributed by atoms with van der Waals surface area (Å²) in [6.07, 6.45) is 7.03. The Bertz CT molecular complexity index is 1320. The lowest BCUT2D eigenvalue weighted by molar-refractivity contribution is -0.143. The van der Waals surface area contributed by atoms with Crippen molar-refractivity contribution in [1.29, 1.82) is 0 Å². The first-order chi connectivity index (χ1) is 16.0. The molecule has 1 fully saturated rings. The van der Waals surface area contributed by atoms with Crippen LogP contribution in [0.3, 0.4) is 0 Å². The third-order valence-corrected chi connectivity index (χ3v) is 5.53. The summed E-state index contributed by atoms with van der Waals surface area (Å²) in [5, 5.41) is 26.3. The fourth-order valence-corrected chi connectivity index (χ4v) is 3.64. The molecular formula is C21H22N10O2. The first kappa shape index (κ1) is 20.7. The lowest BCUT2D eigenvalue weighted by atomic mass is 9.99. The van der Waals surface area contributed by atoms with Crippen LogP contribution in [0, 0.1) is 0 Å². The second-order valence-electron chi connectivity index (χ2n) is 7.74. The van der Waals surface area contributed by atoms with Gasteiger partial charge in [0.05, 0.1) is 29.5 Å². The van der Waals surface area contributed by atoms with E-state index in [2.05, 4.69) is 35.7 Å². The normalized spacial score (nSPS) is 18.2. The van der Waals surface area contributed by atoms with Crippen molar-refractivity contribution in [3.8, 4) is 17.2 Å². The van der Waals surface area contributed by atoms with Crippen molar-refractivity contribution in [3.63, 3.8) is 0 Å². The Morgan fingerprint density at radius 2 is 2.03 bits per heavy atom. The molecule has 0 aliphatic carbocycles. The lowest BCUT2D eigenvalue weighted by Crippen LogP contribution is -2.36. The van der Waals surface area contributed by atoms with Gasteiger partial charge in [-0.15, -0.1) is 5.10 Å². The Morgan fingerprint density at radius 3 is 2.79 bits per heavy atom. The van der Waals surface area contributed by atoms with Crippen LogP contribution in [0.4, 0.5) is 11.6 Å². The molecule has 1 aliphatic rings. The van der Waals surface area contributed by atoms with E-state index in [-0.39, 0.29) is 18.0 Å². The summed E-state index contributed by atoms with van der Waals surface area (Å²) in [6, 6.07) is 7.16. The molecule has 1 atom stereocenters. The third kappa shape index (κ3) is 3.80. The molecule has 4 aromatic heterocycles. The van der Waals surface area contributed by atoms with E-state index in [1.807, 2.05) is 25.3 Å². The third-order valence-electron chi connectivity index (χ3n) is 5.53. The van der Waals surface area contributed by atoms with Crippen LogP contribution < -0.4 is 5.32 Å². The number of nitrogens with zero attached hydrogens (tertiary/aromatic N) is 9. The van der Waals surface area contributed by atoms with Crippen LogP contribution in [0.1, 0.15) is 19.0 Å². The summed E-state index contributed by atoms with van der Waals surface area (Å²) >= 11 is 0. The number of aromatic nitrogens is 8. The van der Waals surface area contributed by atoms with Gasteiger partial charge in [0.15, 0.2) is 11.4 Å². The minimum absolute atomic E-state index is 0.199. The van der Waals surface area contributed by atoms with Gasteiger partial charge in [-0.1, -0.05) is 11.3 Å². The number of pyridine rings is 1. The minimum atomic E-state index is -1.66. The highest BCUT2D eigenvalue weighted by molar-refractivity contribution is 5.87. The van der Waals surface area contributed by atoms with Crippen LogP contribution in [0.15, 0.2) is 49.1 Å². The summed E-state index contributed by atoms with van der Waals surface area (Å²) in [7, 11) is 1.65. The molecule has 33 heavy (non-hydrogen) atoms. The molecule has 0 bridgehead atoms. The van der Waals surface area contributed by atoms with Gasteiger partial charge in [0.1, 0.15) is 5.69 Å². The number of rotatable bonds is 6. The van der Waals surface area contributed by atoms with Crippen LogP contribution in [-0.4, -0.2) is 69.2 Å². The van der Waals surface area contributed by atoms with Crippen molar-refractivity contribution in [1.82, 2.24) is 44.6 Å². The number of anilines is 2. The van der Waals surface area contributed by atoms with E-state index < -0.39 is 5.60 Å². The smallest absolute Gasteiger partial charge is 0.260 e. The lowest BCUT2D eigenvalue weighted by Gasteiger charge is -2.17. The number of hydrogen-bond acceptors (Lipinski definition) is 9. The monoisotopic (exact) mass is 446 g/mol. The maximum atomic E-state index is 12.4. The molecule has 168 valence electrons. The molecule has 1 amide bonds.